The SMILES string of the molecule is O=C(CSc1nc(C2CC2)n(-c2ccccc2)n1)NCCC1=CCCCC1. The molecular weight excluding hydrogens is 356 g/mol. The smallest absolute Gasteiger partial charge is 0.230 e. The van der Waals surface area contributed by atoms with Crippen molar-refractivity contribution in [2.24, 2.45) is 0 Å². The molecule has 1 heterocycles. The molecule has 27 heavy (non-hydrogen) atoms. The van der Waals surface area contributed by atoms with E-state index in [-0.39, 0.29) is 5.91 Å². The summed E-state index contributed by atoms with van der Waals surface area (Å²) in [5.74, 6) is 1.94. The Hall–Kier alpha value is -2.08. The number of para-hydroxylation sites is 1. The summed E-state index contributed by atoms with van der Waals surface area (Å²) in [4.78, 5) is 16.9. The van der Waals surface area contributed by atoms with Gasteiger partial charge in [0.05, 0.1) is 11.4 Å². The first-order valence-corrected chi connectivity index (χ1v) is 10.9. The van der Waals surface area contributed by atoms with E-state index in [0.29, 0.717) is 16.8 Å². The number of rotatable bonds is 8. The van der Waals surface area contributed by atoms with Crippen molar-refractivity contribution in [3.8, 4) is 5.69 Å². The van der Waals surface area contributed by atoms with Crippen molar-refractivity contribution in [3.63, 3.8) is 0 Å². The van der Waals surface area contributed by atoms with Gasteiger partial charge in [0.2, 0.25) is 11.1 Å². The van der Waals surface area contributed by atoms with Gasteiger partial charge in [0.15, 0.2) is 0 Å². The van der Waals surface area contributed by atoms with Crippen molar-refractivity contribution < 1.29 is 4.79 Å². The Labute approximate surface area is 164 Å². The highest BCUT2D eigenvalue weighted by Gasteiger charge is 2.30. The quantitative estimate of drug-likeness (QED) is 0.548. The van der Waals surface area contributed by atoms with Crippen molar-refractivity contribution in [1.29, 1.82) is 0 Å². The van der Waals surface area contributed by atoms with Crippen LogP contribution in [-0.2, 0) is 4.79 Å². The maximum atomic E-state index is 12.2. The van der Waals surface area contributed by atoms with Crippen LogP contribution < -0.4 is 5.32 Å². The molecule has 142 valence electrons. The standard InChI is InChI=1S/C21H26N4OS/c26-19(22-14-13-16-7-3-1-4-8-16)15-27-21-23-20(17-11-12-17)25(24-21)18-9-5-2-6-10-18/h2,5-7,9-10,17H,1,3-4,8,11-15H2,(H,22,26). The van der Waals surface area contributed by atoms with Crippen LogP contribution in [-0.4, -0.2) is 33.0 Å². The number of nitrogens with one attached hydrogen (secondary N) is 1. The van der Waals surface area contributed by atoms with Crippen LogP contribution in [0.15, 0.2) is 47.1 Å². The number of hydrogen-bond acceptors (Lipinski definition) is 4. The van der Waals surface area contributed by atoms with Crippen LogP contribution >= 0.6 is 11.8 Å². The van der Waals surface area contributed by atoms with Crippen LogP contribution in [0.5, 0.6) is 0 Å². The molecule has 0 aliphatic heterocycles. The van der Waals surface area contributed by atoms with Crippen molar-refractivity contribution in [3.05, 3.63) is 47.8 Å². The van der Waals surface area contributed by atoms with Crippen LogP contribution in [0.2, 0.25) is 0 Å². The van der Waals surface area contributed by atoms with E-state index in [0.717, 1.165) is 24.5 Å². The Morgan fingerprint density at radius 1 is 1.22 bits per heavy atom. The molecule has 4 rings (SSSR count). The molecule has 2 aliphatic carbocycles. The molecule has 0 radical (unpaired) electrons. The first kappa shape index (κ1) is 18.3. The van der Waals surface area contributed by atoms with Crippen molar-refractivity contribution in [2.45, 2.75) is 56.0 Å². The maximum absolute atomic E-state index is 12.2. The number of carbonyl (C=O) groups is 1. The van der Waals surface area contributed by atoms with E-state index in [1.54, 1.807) is 0 Å². The second-order valence-electron chi connectivity index (χ2n) is 7.27. The predicted molar refractivity (Wildman–Crippen MR) is 108 cm³/mol. The molecule has 1 amide bonds. The maximum Gasteiger partial charge on any atom is 0.230 e. The summed E-state index contributed by atoms with van der Waals surface area (Å²) >= 11 is 1.42. The second-order valence-corrected chi connectivity index (χ2v) is 8.21. The van der Waals surface area contributed by atoms with Gasteiger partial charge in [0.1, 0.15) is 5.82 Å². The molecule has 5 nitrogen and oxygen atoms in total. The fraction of sp³-hybridized carbons (Fsp3) is 0.476. The van der Waals surface area contributed by atoms with Gasteiger partial charge < -0.3 is 5.32 Å². The summed E-state index contributed by atoms with van der Waals surface area (Å²) in [7, 11) is 0. The summed E-state index contributed by atoms with van der Waals surface area (Å²) in [6.45, 7) is 0.727. The lowest BCUT2D eigenvalue weighted by Crippen LogP contribution is -2.26. The Morgan fingerprint density at radius 2 is 2.07 bits per heavy atom. The molecule has 1 fully saturated rings. The molecule has 2 aromatic rings. The minimum atomic E-state index is 0.0560. The van der Waals surface area contributed by atoms with Gasteiger partial charge in [-0.05, 0) is 57.1 Å². The molecule has 1 aromatic heterocycles. The lowest BCUT2D eigenvalue weighted by atomic mass is 9.97. The Balaban J connectivity index is 1.30. The molecule has 0 saturated heterocycles. The molecule has 2 aliphatic rings. The summed E-state index contributed by atoms with van der Waals surface area (Å²) in [5, 5.41) is 8.36. The molecular formula is C21H26N4OS. The molecule has 1 aromatic carbocycles. The third kappa shape index (κ3) is 5.01. The van der Waals surface area contributed by atoms with Crippen molar-refractivity contribution in [2.75, 3.05) is 12.3 Å². The van der Waals surface area contributed by atoms with Crippen molar-refractivity contribution in [1.82, 2.24) is 20.1 Å². The van der Waals surface area contributed by atoms with Crippen LogP contribution in [0.25, 0.3) is 5.69 Å². The van der Waals surface area contributed by atoms with Crippen LogP contribution in [0, 0.1) is 0 Å². The number of carbonyl (C=O) groups excluding carboxylic acids is 1. The van der Waals surface area contributed by atoms with Crippen LogP contribution in [0.1, 0.15) is 56.7 Å². The number of thioether (sulfide) groups is 1. The summed E-state index contributed by atoms with van der Waals surface area (Å²) in [6, 6.07) is 10.1. The highest BCUT2D eigenvalue weighted by atomic mass is 32.2. The minimum absolute atomic E-state index is 0.0560. The minimum Gasteiger partial charge on any atom is -0.355 e. The van der Waals surface area contributed by atoms with Gasteiger partial charge in [0.25, 0.3) is 0 Å². The topological polar surface area (TPSA) is 59.8 Å². The van der Waals surface area contributed by atoms with Crippen molar-refractivity contribution >= 4 is 17.7 Å². The summed E-state index contributed by atoms with van der Waals surface area (Å²) < 4.78 is 1.94. The molecule has 1 saturated carbocycles. The number of hydrogen-bond donors (Lipinski definition) is 1. The van der Waals surface area contributed by atoms with E-state index >= 15 is 0 Å². The molecule has 0 bridgehead atoms. The Kier molecular flexibility index (Phi) is 5.92. The molecule has 0 atom stereocenters. The highest BCUT2D eigenvalue weighted by molar-refractivity contribution is 7.99. The average molecular weight is 383 g/mol. The Bertz CT molecular complexity index is 811. The molecule has 1 N–H and O–H groups in total. The van der Waals surface area contributed by atoms with E-state index < -0.39 is 0 Å². The number of amides is 1. The third-order valence-corrected chi connectivity index (χ3v) is 5.88. The van der Waals surface area contributed by atoms with Crippen LogP contribution in [0.4, 0.5) is 0 Å². The number of nitrogens with zero attached hydrogens (tertiary/aromatic N) is 3. The van der Waals surface area contributed by atoms with Crippen LogP contribution in [0.3, 0.4) is 0 Å². The van der Waals surface area contributed by atoms with E-state index in [4.69, 9.17) is 4.98 Å². The number of aromatic nitrogens is 3. The third-order valence-electron chi connectivity index (χ3n) is 5.04. The Morgan fingerprint density at radius 3 is 2.81 bits per heavy atom. The van der Waals surface area contributed by atoms with E-state index in [1.165, 1.54) is 55.9 Å². The van der Waals surface area contributed by atoms with E-state index in [9.17, 15) is 4.79 Å². The van der Waals surface area contributed by atoms with E-state index in [2.05, 4.69) is 16.5 Å². The first-order chi connectivity index (χ1) is 13.3. The van der Waals surface area contributed by atoms with Gasteiger partial charge in [-0.1, -0.05) is 41.6 Å². The summed E-state index contributed by atoms with van der Waals surface area (Å²) in [6.07, 6.45) is 10.6. The van der Waals surface area contributed by atoms with Gasteiger partial charge in [0, 0.05) is 12.5 Å². The van der Waals surface area contributed by atoms with Gasteiger partial charge in [-0.3, -0.25) is 4.79 Å². The molecule has 6 heteroatoms. The fourth-order valence-electron chi connectivity index (χ4n) is 3.41. The van der Waals surface area contributed by atoms with Gasteiger partial charge in [-0.25, -0.2) is 9.67 Å². The average Bonchev–Trinajstić information content (AvgIpc) is 3.47. The lowest BCUT2D eigenvalue weighted by Gasteiger charge is -2.12. The van der Waals surface area contributed by atoms with Gasteiger partial charge in [-0.15, -0.1) is 5.10 Å². The monoisotopic (exact) mass is 382 g/mol. The fourth-order valence-corrected chi connectivity index (χ4v) is 4.07. The largest absolute Gasteiger partial charge is 0.355 e. The second kappa shape index (κ2) is 8.74. The number of benzene rings is 1. The highest BCUT2D eigenvalue weighted by Crippen LogP contribution is 2.40. The normalized spacial score (nSPS) is 16.8. The summed E-state index contributed by atoms with van der Waals surface area (Å²) in [5.41, 5.74) is 2.52. The zero-order valence-corrected chi connectivity index (χ0v) is 16.4. The molecule has 0 spiro atoms. The zero-order chi connectivity index (χ0) is 18.5. The van der Waals surface area contributed by atoms with Gasteiger partial charge >= 0.3 is 0 Å². The van der Waals surface area contributed by atoms with Gasteiger partial charge in [-0.2, -0.15) is 0 Å². The zero-order valence-electron chi connectivity index (χ0n) is 15.6. The first-order valence-electron chi connectivity index (χ1n) is 9.89. The predicted octanol–water partition coefficient (Wildman–Crippen LogP) is 4.24. The lowest BCUT2D eigenvalue weighted by molar-refractivity contribution is -0.118. The van der Waals surface area contributed by atoms with E-state index in [1.807, 2.05) is 35.0 Å². The molecule has 0 unspecified atom stereocenters. The number of allylic oxidation sites excluding steroid dienone is 1.